The Hall–Kier alpha value is -1.73. The van der Waals surface area contributed by atoms with Gasteiger partial charge in [-0.15, -0.1) is 0 Å². The number of unbranched alkanes of at least 4 members (excludes halogenated alkanes) is 1. The van der Waals surface area contributed by atoms with Crippen LogP contribution in [-0.4, -0.2) is 68.6 Å². The number of nitrogens with zero attached hydrogens (tertiary/aromatic N) is 2. The Bertz CT molecular complexity index is 576. The summed E-state index contributed by atoms with van der Waals surface area (Å²) in [6, 6.07) is 6.01. The summed E-state index contributed by atoms with van der Waals surface area (Å²) < 4.78 is 34.3. The molecule has 2 rings (SSSR count). The van der Waals surface area contributed by atoms with Gasteiger partial charge in [-0.1, -0.05) is 25.5 Å². The summed E-state index contributed by atoms with van der Waals surface area (Å²) in [6.07, 6.45) is 1.87. The lowest BCUT2D eigenvalue weighted by Gasteiger charge is -2.32. The van der Waals surface area contributed by atoms with Crippen LogP contribution in [0, 0.1) is 0 Å². The van der Waals surface area contributed by atoms with Gasteiger partial charge in [0.1, 0.15) is 5.75 Å². The first kappa shape index (κ1) is 20.6. The van der Waals surface area contributed by atoms with E-state index >= 15 is 0 Å². The third-order valence-corrected chi connectivity index (χ3v) is 4.50. The first-order valence-corrected chi connectivity index (χ1v) is 9.20. The van der Waals surface area contributed by atoms with Crippen LogP contribution in [0.1, 0.15) is 25.3 Å². The molecule has 1 aromatic rings. The summed E-state index contributed by atoms with van der Waals surface area (Å²) in [5, 5.41) is 2.61. The van der Waals surface area contributed by atoms with Gasteiger partial charge in [0.15, 0.2) is 0 Å². The zero-order valence-electron chi connectivity index (χ0n) is 15.6. The number of hydrogen-bond acceptors (Lipinski definition) is 4. The van der Waals surface area contributed by atoms with E-state index in [0.29, 0.717) is 25.4 Å². The van der Waals surface area contributed by atoms with E-state index in [1.165, 1.54) is 12.1 Å². The molecule has 1 N–H and O–H groups in total. The molecule has 1 aromatic carbocycles. The van der Waals surface area contributed by atoms with E-state index in [2.05, 4.69) is 10.2 Å². The first-order chi connectivity index (χ1) is 12.4. The molecular formula is C19H29F2N3O2. The van der Waals surface area contributed by atoms with Crippen LogP contribution in [0.5, 0.6) is 5.75 Å². The van der Waals surface area contributed by atoms with Crippen LogP contribution in [0.3, 0.4) is 0 Å². The van der Waals surface area contributed by atoms with Crippen molar-refractivity contribution < 1.29 is 18.3 Å². The zero-order valence-corrected chi connectivity index (χ0v) is 15.6. The molecule has 0 saturated carbocycles. The number of benzene rings is 1. The normalized spacial score (nSPS) is 15.9. The number of piperazine rings is 1. The lowest BCUT2D eigenvalue weighted by Crippen LogP contribution is -2.50. The van der Waals surface area contributed by atoms with Crippen LogP contribution >= 0.6 is 0 Å². The Kier molecular flexibility index (Phi) is 7.78. The van der Waals surface area contributed by atoms with Gasteiger partial charge in [0.05, 0.1) is 19.7 Å². The van der Waals surface area contributed by atoms with E-state index < -0.39 is 12.5 Å². The molecular weight excluding hydrogens is 340 g/mol. The third kappa shape index (κ3) is 6.21. The SMILES string of the molecule is CCCCOc1cccc(C(F)(F)CNCC(=O)N2CCN(C)CC2)c1. The minimum atomic E-state index is -3.06. The number of likely N-dealkylation sites (N-methyl/N-ethyl adjacent to an activating group) is 1. The molecule has 0 unspecified atom stereocenters. The molecule has 1 fully saturated rings. The second kappa shape index (κ2) is 9.83. The van der Waals surface area contributed by atoms with Gasteiger partial charge in [0, 0.05) is 31.7 Å². The van der Waals surface area contributed by atoms with E-state index in [4.69, 9.17) is 4.74 Å². The maximum Gasteiger partial charge on any atom is 0.285 e. The van der Waals surface area contributed by atoms with Gasteiger partial charge in [-0.05, 0) is 25.6 Å². The highest BCUT2D eigenvalue weighted by molar-refractivity contribution is 5.78. The van der Waals surface area contributed by atoms with Crippen LogP contribution in [0.2, 0.25) is 0 Å². The molecule has 1 aliphatic heterocycles. The zero-order chi connectivity index (χ0) is 19.0. The van der Waals surface area contributed by atoms with Crippen LogP contribution in [0.25, 0.3) is 0 Å². The summed E-state index contributed by atoms with van der Waals surface area (Å²) in [5.41, 5.74) is -0.106. The van der Waals surface area contributed by atoms with Crippen molar-refractivity contribution in [3.05, 3.63) is 29.8 Å². The van der Waals surface area contributed by atoms with E-state index in [9.17, 15) is 13.6 Å². The van der Waals surface area contributed by atoms with Crippen LogP contribution in [0.15, 0.2) is 24.3 Å². The fraction of sp³-hybridized carbons (Fsp3) is 0.632. The third-order valence-electron chi connectivity index (χ3n) is 4.50. The molecule has 1 aliphatic rings. The van der Waals surface area contributed by atoms with Crippen LogP contribution in [-0.2, 0) is 10.7 Å². The van der Waals surface area contributed by atoms with Crippen molar-refractivity contribution in [3.63, 3.8) is 0 Å². The van der Waals surface area contributed by atoms with E-state index in [-0.39, 0.29) is 18.0 Å². The molecule has 0 bridgehead atoms. The van der Waals surface area contributed by atoms with Crippen LogP contribution < -0.4 is 10.1 Å². The van der Waals surface area contributed by atoms with Gasteiger partial charge in [0.2, 0.25) is 5.91 Å². The summed E-state index contributed by atoms with van der Waals surface area (Å²) in [7, 11) is 2.00. The molecule has 7 heteroatoms. The number of rotatable bonds is 9. The summed E-state index contributed by atoms with van der Waals surface area (Å²) >= 11 is 0. The smallest absolute Gasteiger partial charge is 0.285 e. The average Bonchev–Trinajstić information content (AvgIpc) is 2.62. The van der Waals surface area contributed by atoms with Gasteiger partial charge in [-0.25, -0.2) is 0 Å². The number of carbonyl (C=O) groups excluding carboxylic acids is 1. The Balaban J connectivity index is 1.82. The Morgan fingerprint density at radius 1 is 1.27 bits per heavy atom. The Morgan fingerprint density at radius 3 is 2.69 bits per heavy atom. The Labute approximate surface area is 154 Å². The number of halogens is 2. The first-order valence-electron chi connectivity index (χ1n) is 9.20. The molecule has 146 valence electrons. The predicted octanol–water partition coefficient (Wildman–Crippen LogP) is 2.32. The summed E-state index contributed by atoms with van der Waals surface area (Å²) in [4.78, 5) is 16.0. The highest BCUT2D eigenvalue weighted by Crippen LogP contribution is 2.29. The second-order valence-electron chi connectivity index (χ2n) is 6.72. The number of ether oxygens (including phenoxy) is 1. The van der Waals surface area contributed by atoms with Gasteiger partial charge in [-0.3, -0.25) is 4.79 Å². The van der Waals surface area contributed by atoms with Crippen molar-refractivity contribution in [2.45, 2.75) is 25.7 Å². The number of nitrogens with one attached hydrogen (secondary N) is 1. The molecule has 1 amide bonds. The van der Waals surface area contributed by atoms with Gasteiger partial charge in [0.25, 0.3) is 5.92 Å². The number of carbonyl (C=O) groups is 1. The minimum absolute atomic E-state index is 0.0774. The molecule has 0 spiro atoms. The predicted molar refractivity (Wildman–Crippen MR) is 97.7 cm³/mol. The number of hydrogen-bond donors (Lipinski definition) is 1. The average molecular weight is 369 g/mol. The molecule has 1 heterocycles. The molecule has 0 atom stereocenters. The van der Waals surface area contributed by atoms with E-state index in [1.807, 2.05) is 14.0 Å². The van der Waals surface area contributed by atoms with Crippen molar-refractivity contribution in [2.24, 2.45) is 0 Å². The summed E-state index contributed by atoms with van der Waals surface area (Å²) in [5.74, 6) is -2.75. The topological polar surface area (TPSA) is 44.8 Å². The van der Waals surface area contributed by atoms with Crippen LogP contribution in [0.4, 0.5) is 8.78 Å². The molecule has 0 radical (unpaired) electrons. The monoisotopic (exact) mass is 369 g/mol. The largest absolute Gasteiger partial charge is 0.494 e. The maximum absolute atomic E-state index is 14.4. The fourth-order valence-electron chi connectivity index (χ4n) is 2.74. The van der Waals surface area contributed by atoms with E-state index in [1.54, 1.807) is 17.0 Å². The number of amides is 1. The molecule has 0 aromatic heterocycles. The quantitative estimate of drug-likeness (QED) is 0.679. The summed E-state index contributed by atoms with van der Waals surface area (Å²) in [6.45, 7) is 4.82. The van der Waals surface area contributed by atoms with Crippen molar-refractivity contribution in [2.75, 3.05) is 52.9 Å². The number of alkyl halides is 2. The van der Waals surface area contributed by atoms with E-state index in [0.717, 1.165) is 25.9 Å². The van der Waals surface area contributed by atoms with Crippen molar-refractivity contribution in [1.82, 2.24) is 15.1 Å². The van der Waals surface area contributed by atoms with Gasteiger partial charge < -0.3 is 19.9 Å². The van der Waals surface area contributed by atoms with Gasteiger partial charge in [-0.2, -0.15) is 8.78 Å². The second-order valence-corrected chi connectivity index (χ2v) is 6.72. The fourth-order valence-corrected chi connectivity index (χ4v) is 2.74. The molecule has 5 nitrogen and oxygen atoms in total. The Morgan fingerprint density at radius 2 is 2.00 bits per heavy atom. The minimum Gasteiger partial charge on any atom is -0.494 e. The standard InChI is InChI=1S/C19H29F2N3O2/c1-3-4-12-26-17-7-5-6-16(13-17)19(20,21)15-22-14-18(25)24-10-8-23(2)9-11-24/h5-7,13,22H,3-4,8-12,14-15H2,1-2H3. The highest BCUT2D eigenvalue weighted by atomic mass is 19.3. The molecule has 0 aliphatic carbocycles. The van der Waals surface area contributed by atoms with Gasteiger partial charge >= 0.3 is 0 Å². The molecule has 26 heavy (non-hydrogen) atoms. The maximum atomic E-state index is 14.4. The molecule has 1 saturated heterocycles. The highest BCUT2D eigenvalue weighted by Gasteiger charge is 2.32. The lowest BCUT2D eigenvalue weighted by atomic mass is 10.1. The lowest BCUT2D eigenvalue weighted by molar-refractivity contribution is -0.132. The van der Waals surface area contributed by atoms with Crippen molar-refractivity contribution in [1.29, 1.82) is 0 Å². The van der Waals surface area contributed by atoms with Crippen molar-refractivity contribution >= 4 is 5.91 Å². The van der Waals surface area contributed by atoms with Crippen molar-refractivity contribution in [3.8, 4) is 5.75 Å².